The van der Waals surface area contributed by atoms with Gasteiger partial charge in [0.15, 0.2) is 0 Å². The van der Waals surface area contributed by atoms with Crippen molar-refractivity contribution in [2.45, 2.75) is 19.9 Å². The first kappa shape index (κ1) is 17.8. The summed E-state index contributed by atoms with van der Waals surface area (Å²) in [6.07, 6.45) is 2.01. The number of anilines is 1. The zero-order valence-corrected chi connectivity index (χ0v) is 15.0. The highest BCUT2D eigenvalue weighted by molar-refractivity contribution is 7.13. The smallest absolute Gasteiger partial charge is 0.224 e. The average molecular weight is 366 g/mol. The minimum Gasteiger partial charge on any atom is -0.350 e. The van der Waals surface area contributed by atoms with Gasteiger partial charge in [-0.15, -0.1) is 11.3 Å². The van der Waals surface area contributed by atoms with E-state index in [0.717, 1.165) is 22.0 Å². The number of hydrogen-bond donors (Lipinski definition) is 2. The number of aromatic nitrogens is 2. The molecular weight excluding hydrogens is 348 g/mol. The molecule has 1 aromatic carbocycles. The molecule has 3 aromatic rings. The van der Waals surface area contributed by atoms with E-state index in [-0.39, 0.29) is 18.2 Å². The van der Waals surface area contributed by atoms with E-state index >= 15 is 0 Å². The lowest BCUT2D eigenvalue weighted by molar-refractivity contribution is -0.120. The second-order valence-corrected chi connectivity index (χ2v) is 6.55. The van der Waals surface area contributed by atoms with Crippen LogP contribution in [0.1, 0.15) is 18.2 Å². The third kappa shape index (κ3) is 4.97. The highest BCUT2D eigenvalue weighted by atomic mass is 32.1. The number of nitrogens with zero attached hydrogens (tertiary/aromatic N) is 2. The van der Waals surface area contributed by atoms with Crippen LogP contribution < -0.4 is 10.6 Å². The summed E-state index contributed by atoms with van der Waals surface area (Å²) in [6, 6.07) is 12.9. The number of rotatable bonds is 6. The zero-order chi connectivity index (χ0) is 18.4. The van der Waals surface area contributed by atoms with Crippen molar-refractivity contribution in [3.8, 4) is 10.7 Å². The lowest BCUT2D eigenvalue weighted by Crippen LogP contribution is -2.24. The van der Waals surface area contributed by atoms with Crippen molar-refractivity contribution in [3.05, 3.63) is 65.3 Å². The highest BCUT2D eigenvalue weighted by Gasteiger charge is 2.08. The van der Waals surface area contributed by atoms with Crippen LogP contribution in [0.3, 0.4) is 0 Å². The van der Waals surface area contributed by atoms with Gasteiger partial charge >= 0.3 is 0 Å². The number of benzene rings is 1. The molecule has 0 aliphatic rings. The summed E-state index contributed by atoms with van der Waals surface area (Å²) in [5, 5.41) is 8.33. The predicted octanol–water partition coefficient (Wildman–Crippen LogP) is 3.02. The molecule has 0 spiro atoms. The molecule has 0 saturated heterocycles. The summed E-state index contributed by atoms with van der Waals surface area (Å²) in [5.41, 5.74) is 3.23. The van der Waals surface area contributed by atoms with Crippen LogP contribution in [0.2, 0.25) is 0 Å². The summed E-state index contributed by atoms with van der Waals surface area (Å²) in [6.45, 7) is 1.84. The van der Waals surface area contributed by atoms with Crippen molar-refractivity contribution in [3.63, 3.8) is 0 Å². The maximum Gasteiger partial charge on any atom is 0.224 e. The molecule has 26 heavy (non-hydrogen) atoms. The van der Waals surface area contributed by atoms with Crippen molar-refractivity contribution in [1.29, 1.82) is 0 Å². The maximum absolute atomic E-state index is 12.1. The van der Waals surface area contributed by atoms with Gasteiger partial charge in [-0.2, -0.15) is 0 Å². The van der Waals surface area contributed by atoms with Gasteiger partial charge in [0.25, 0.3) is 0 Å². The Labute approximate surface area is 155 Å². The molecule has 2 heterocycles. The van der Waals surface area contributed by atoms with Crippen molar-refractivity contribution >= 4 is 28.8 Å². The molecule has 0 unspecified atom stereocenters. The summed E-state index contributed by atoms with van der Waals surface area (Å²) in [5.74, 6) is -0.200. The Hall–Kier alpha value is -3.06. The van der Waals surface area contributed by atoms with Crippen LogP contribution in [-0.4, -0.2) is 21.8 Å². The van der Waals surface area contributed by atoms with Gasteiger partial charge in [0.2, 0.25) is 11.8 Å². The van der Waals surface area contributed by atoms with E-state index in [2.05, 4.69) is 20.6 Å². The predicted molar refractivity (Wildman–Crippen MR) is 102 cm³/mol. The molecule has 0 aliphatic heterocycles. The van der Waals surface area contributed by atoms with Crippen LogP contribution in [0.25, 0.3) is 10.7 Å². The fraction of sp³-hybridized carbons (Fsp3) is 0.158. The van der Waals surface area contributed by atoms with Gasteiger partial charge in [-0.3, -0.25) is 14.6 Å². The summed E-state index contributed by atoms with van der Waals surface area (Å²) in [4.78, 5) is 31.9. The van der Waals surface area contributed by atoms with Gasteiger partial charge in [-0.1, -0.05) is 18.2 Å². The van der Waals surface area contributed by atoms with Crippen LogP contribution in [0.4, 0.5) is 5.69 Å². The number of pyridine rings is 1. The molecule has 2 amide bonds. The van der Waals surface area contributed by atoms with Gasteiger partial charge in [-0.05, 0) is 29.8 Å². The molecule has 2 N–H and O–H groups in total. The minimum absolute atomic E-state index is 0.0790. The molecule has 0 aliphatic carbocycles. The van der Waals surface area contributed by atoms with Gasteiger partial charge in [0.1, 0.15) is 5.01 Å². The molecule has 0 saturated carbocycles. The average Bonchev–Trinajstić information content (AvgIpc) is 3.11. The van der Waals surface area contributed by atoms with E-state index in [1.54, 1.807) is 18.3 Å². The minimum atomic E-state index is -0.121. The van der Waals surface area contributed by atoms with Crippen molar-refractivity contribution < 1.29 is 9.59 Å². The van der Waals surface area contributed by atoms with Crippen molar-refractivity contribution in [2.24, 2.45) is 0 Å². The molecule has 0 bridgehead atoms. The lowest BCUT2D eigenvalue weighted by Gasteiger charge is -2.05. The van der Waals surface area contributed by atoms with Crippen LogP contribution in [-0.2, 0) is 22.6 Å². The molecule has 0 radical (unpaired) electrons. The second-order valence-electron chi connectivity index (χ2n) is 5.69. The second kappa shape index (κ2) is 8.35. The number of nitrogens with one attached hydrogen (secondary N) is 2. The van der Waals surface area contributed by atoms with E-state index in [1.807, 2.05) is 35.7 Å². The third-order valence-electron chi connectivity index (χ3n) is 3.54. The lowest BCUT2D eigenvalue weighted by atomic mass is 10.1. The summed E-state index contributed by atoms with van der Waals surface area (Å²) in [7, 11) is 0. The topological polar surface area (TPSA) is 84.0 Å². The Bertz CT molecular complexity index is 891. The zero-order valence-electron chi connectivity index (χ0n) is 14.2. The standard InChI is InChI=1S/C19H18N4O2S/c1-13(24)22-15-7-5-14(6-8-15)10-18(25)21-11-16-12-26-19(23-16)17-4-2-3-9-20-17/h2-9,12H,10-11H2,1H3,(H,21,25)(H,22,24). The number of carbonyl (C=O) groups excluding carboxylic acids is 2. The SMILES string of the molecule is CC(=O)Nc1ccc(CC(=O)NCc2csc(-c3ccccn3)n2)cc1. The summed E-state index contributed by atoms with van der Waals surface area (Å²) < 4.78 is 0. The van der Waals surface area contributed by atoms with Gasteiger partial charge in [0, 0.05) is 24.2 Å². The van der Waals surface area contributed by atoms with Gasteiger partial charge in [-0.25, -0.2) is 4.98 Å². The third-order valence-corrected chi connectivity index (χ3v) is 4.46. The van der Waals surface area contributed by atoms with Crippen molar-refractivity contribution in [1.82, 2.24) is 15.3 Å². The first-order valence-corrected chi connectivity index (χ1v) is 8.97. The fourth-order valence-corrected chi connectivity index (χ4v) is 3.14. The van der Waals surface area contributed by atoms with E-state index in [9.17, 15) is 9.59 Å². The fourth-order valence-electron chi connectivity index (χ4n) is 2.34. The molecule has 7 heteroatoms. The summed E-state index contributed by atoms with van der Waals surface area (Å²) >= 11 is 1.51. The largest absolute Gasteiger partial charge is 0.350 e. The van der Waals surface area contributed by atoms with Crippen LogP contribution in [0, 0.1) is 0 Å². The quantitative estimate of drug-likeness (QED) is 0.702. The van der Waals surface area contributed by atoms with Crippen LogP contribution in [0.15, 0.2) is 54.0 Å². The van der Waals surface area contributed by atoms with E-state index in [0.29, 0.717) is 12.2 Å². The van der Waals surface area contributed by atoms with E-state index < -0.39 is 0 Å². The Morgan fingerprint density at radius 3 is 2.62 bits per heavy atom. The van der Waals surface area contributed by atoms with Crippen LogP contribution >= 0.6 is 11.3 Å². The number of carbonyl (C=O) groups is 2. The molecule has 6 nitrogen and oxygen atoms in total. The van der Waals surface area contributed by atoms with Crippen LogP contribution in [0.5, 0.6) is 0 Å². The first-order chi connectivity index (χ1) is 12.6. The Morgan fingerprint density at radius 1 is 1.12 bits per heavy atom. The highest BCUT2D eigenvalue weighted by Crippen LogP contribution is 2.21. The normalized spacial score (nSPS) is 10.3. The molecule has 132 valence electrons. The van der Waals surface area contributed by atoms with Gasteiger partial charge < -0.3 is 10.6 Å². The number of hydrogen-bond acceptors (Lipinski definition) is 5. The Balaban J connectivity index is 1.51. The molecule has 2 aromatic heterocycles. The van der Waals surface area contributed by atoms with Crippen molar-refractivity contribution in [2.75, 3.05) is 5.32 Å². The Kier molecular flexibility index (Phi) is 5.70. The first-order valence-electron chi connectivity index (χ1n) is 8.09. The molecule has 3 rings (SSSR count). The van der Waals surface area contributed by atoms with E-state index in [1.165, 1.54) is 18.3 Å². The monoisotopic (exact) mass is 366 g/mol. The number of amides is 2. The molecule has 0 fully saturated rings. The molecular formula is C19H18N4O2S. The Morgan fingerprint density at radius 2 is 1.92 bits per heavy atom. The van der Waals surface area contributed by atoms with Gasteiger partial charge in [0.05, 0.1) is 24.4 Å². The van der Waals surface area contributed by atoms with E-state index in [4.69, 9.17) is 0 Å². The number of thiazole rings is 1. The maximum atomic E-state index is 12.1. The molecule has 0 atom stereocenters.